The Morgan fingerprint density at radius 1 is 0.923 bits per heavy atom. The van der Waals surface area contributed by atoms with Gasteiger partial charge in [-0.1, -0.05) is 12.8 Å². The average Bonchev–Trinajstić information content (AvgIpc) is 2.91. The smallest absolute Gasteiger partial charge is 0.282 e. The number of amides is 1. The third-order valence-corrected chi connectivity index (χ3v) is 7.83. The Morgan fingerprint density at radius 2 is 1.50 bits per heavy atom. The molecule has 144 valence electrons. The van der Waals surface area contributed by atoms with Crippen molar-refractivity contribution in [3.05, 3.63) is 33.1 Å². The van der Waals surface area contributed by atoms with E-state index in [2.05, 4.69) is 0 Å². The van der Waals surface area contributed by atoms with Crippen LogP contribution < -0.4 is 0 Å². The summed E-state index contributed by atoms with van der Waals surface area (Å²) in [4.78, 5) is 14.3. The summed E-state index contributed by atoms with van der Waals surface area (Å²) in [7, 11) is -3.46. The molecule has 2 saturated heterocycles. The molecule has 2 aliphatic heterocycles. The monoisotopic (exact) mass is 495 g/mol. The second-order valence-electron chi connectivity index (χ2n) is 6.64. The van der Waals surface area contributed by atoms with Crippen molar-refractivity contribution < 1.29 is 17.6 Å². The summed E-state index contributed by atoms with van der Waals surface area (Å²) in [6.07, 6.45) is 3.95. The fourth-order valence-corrected chi connectivity index (χ4v) is 5.77. The third kappa shape index (κ3) is 4.37. The van der Waals surface area contributed by atoms with Crippen molar-refractivity contribution in [3.63, 3.8) is 0 Å². The predicted molar refractivity (Wildman–Crippen MR) is 106 cm³/mol. The van der Waals surface area contributed by atoms with Crippen LogP contribution in [0.5, 0.6) is 0 Å². The van der Waals surface area contributed by atoms with Crippen molar-refractivity contribution in [2.45, 2.75) is 25.7 Å². The van der Waals surface area contributed by atoms with E-state index in [1.807, 2.05) is 22.6 Å². The first-order valence-electron chi connectivity index (χ1n) is 8.89. The van der Waals surface area contributed by atoms with Gasteiger partial charge in [-0.05, 0) is 53.6 Å². The highest BCUT2D eigenvalue weighted by Gasteiger charge is 2.34. The highest BCUT2D eigenvalue weighted by Crippen LogP contribution is 2.20. The fourth-order valence-electron chi connectivity index (χ4n) is 3.39. The average molecular weight is 495 g/mol. The maximum absolute atomic E-state index is 13.2. The summed E-state index contributed by atoms with van der Waals surface area (Å²) >= 11 is 1.95. The first-order valence-corrected chi connectivity index (χ1v) is 11.4. The van der Waals surface area contributed by atoms with E-state index < -0.39 is 10.2 Å². The SMILES string of the molecule is O=C(c1ccc(F)cc1I)N1CCN(S(=O)(=O)N2CCCCCC2)CC1. The van der Waals surface area contributed by atoms with E-state index in [4.69, 9.17) is 0 Å². The van der Waals surface area contributed by atoms with Crippen LogP contribution in [0, 0.1) is 9.39 Å². The van der Waals surface area contributed by atoms with Crippen molar-refractivity contribution >= 4 is 38.7 Å². The summed E-state index contributed by atoms with van der Waals surface area (Å²) in [5.74, 6) is -0.555. The largest absolute Gasteiger partial charge is 0.336 e. The quantitative estimate of drug-likeness (QED) is 0.605. The van der Waals surface area contributed by atoms with Crippen molar-refractivity contribution in [2.75, 3.05) is 39.3 Å². The molecule has 2 fully saturated rings. The van der Waals surface area contributed by atoms with E-state index >= 15 is 0 Å². The van der Waals surface area contributed by atoms with Crippen molar-refractivity contribution in [1.29, 1.82) is 0 Å². The number of nitrogens with zero attached hydrogens (tertiary/aromatic N) is 3. The predicted octanol–water partition coefficient (Wildman–Crippen LogP) is 2.31. The molecule has 2 heterocycles. The van der Waals surface area contributed by atoms with Gasteiger partial charge in [0.25, 0.3) is 16.1 Å². The van der Waals surface area contributed by atoms with Crippen molar-refractivity contribution in [1.82, 2.24) is 13.5 Å². The van der Waals surface area contributed by atoms with Crippen LogP contribution >= 0.6 is 22.6 Å². The minimum absolute atomic E-state index is 0.179. The van der Waals surface area contributed by atoms with Crippen LogP contribution in [0.4, 0.5) is 4.39 Å². The van der Waals surface area contributed by atoms with Crippen molar-refractivity contribution in [2.24, 2.45) is 0 Å². The van der Waals surface area contributed by atoms with Gasteiger partial charge in [0.15, 0.2) is 0 Å². The van der Waals surface area contributed by atoms with Crippen molar-refractivity contribution in [3.8, 4) is 0 Å². The van der Waals surface area contributed by atoms with Crippen LogP contribution in [0.15, 0.2) is 18.2 Å². The highest BCUT2D eigenvalue weighted by atomic mass is 127. The molecule has 0 saturated carbocycles. The molecule has 0 N–H and O–H groups in total. The summed E-state index contributed by atoms with van der Waals surface area (Å²) in [5.41, 5.74) is 0.454. The van der Waals surface area contributed by atoms with Gasteiger partial charge in [0.05, 0.1) is 5.56 Å². The third-order valence-electron chi connectivity index (χ3n) is 4.90. The molecule has 0 radical (unpaired) electrons. The zero-order valence-electron chi connectivity index (χ0n) is 14.5. The number of rotatable bonds is 3. The van der Waals surface area contributed by atoms with E-state index in [1.165, 1.54) is 22.5 Å². The van der Waals surface area contributed by atoms with E-state index in [9.17, 15) is 17.6 Å². The Labute approximate surface area is 167 Å². The molecule has 6 nitrogen and oxygen atoms in total. The fraction of sp³-hybridized carbons (Fsp3) is 0.588. The Hall–Kier alpha value is -0.780. The molecule has 1 aromatic rings. The zero-order chi connectivity index (χ0) is 18.7. The Kier molecular flexibility index (Phi) is 6.52. The normalized spacial score (nSPS) is 20.8. The summed E-state index contributed by atoms with van der Waals surface area (Å²) in [6, 6.07) is 4.09. The molecule has 0 aliphatic carbocycles. The van der Waals surface area contributed by atoms with Crippen LogP contribution in [-0.4, -0.2) is 67.1 Å². The lowest BCUT2D eigenvalue weighted by Crippen LogP contribution is -2.54. The van der Waals surface area contributed by atoms with Crippen LogP contribution in [0.1, 0.15) is 36.0 Å². The number of benzene rings is 1. The Balaban J connectivity index is 1.64. The molecule has 0 atom stereocenters. The van der Waals surface area contributed by atoms with Gasteiger partial charge in [0.1, 0.15) is 5.82 Å². The molecule has 1 aromatic carbocycles. The second-order valence-corrected chi connectivity index (χ2v) is 9.73. The van der Waals surface area contributed by atoms with Gasteiger partial charge >= 0.3 is 0 Å². The molecule has 0 bridgehead atoms. The van der Waals surface area contributed by atoms with Crippen LogP contribution in [-0.2, 0) is 10.2 Å². The number of piperazine rings is 1. The summed E-state index contributed by atoms with van der Waals surface area (Å²) < 4.78 is 42.5. The number of carbonyl (C=O) groups excluding carboxylic acids is 1. The first kappa shape index (κ1) is 20.0. The number of halogens is 2. The van der Waals surface area contributed by atoms with Gasteiger partial charge in [-0.15, -0.1) is 0 Å². The molecule has 0 aromatic heterocycles. The Bertz CT molecular complexity index is 759. The topological polar surface area (TPSA) is 60.9 Å². The van der Waals surface area contributed by atoms with Gasteiger partial charge < -0.3 is 4.90 Å². The highest BCUT2D eigenvalue weighted by molar-refractivity contribution is 14.1. The van der Waals surface area contributed by atoms with E-state index in [0.717, 1.165) is 25.7 Å². The Morgan fingerprint density at radius 3 is 2.08 bits per heavy atom. The molecule has 2 aliphatic rings. The number of carbonyl (C=O) groups is 1. The molecule has 0 unspecified atom stereocenters. The molecule has 1 amide bonds. The van der Waals surface area contributed by atoms with E-state index in [1.54, 1.807) is 9.21 Å². The van der Waals surface area contributed by atoms with Gasteiger partial charge in [0.2, 0.25) is 0 Å². The van der Waals surface area contributed by atoms with Crippen LogP contribution in [0.25, 0.3) is 0 Å². The molecule has 9 heteroatoms. The molecular weight excluding hydrogens is 472 g/mol. The summed E-state index contributed by atoms with van der Waals surface area (Å²) in [5, 5.41) is 0. The zero-order valence-corrected chi connectivity index (χ0v) is 17.5. The van der Waals surface area contributed by atoms with E-state index in [-0.39, 0.29) is 11.7 Å². The lowest BCUT2D eigenvalue weighted by molar-refractivity contribution is 0.0693. The maximum Gasteiger partial charge on any atom is 0.282 e. The van der Waals surface area contributed by atoms with Crippen LogP contribution in [0.3, 0.4) is 0 Å². The molecule has 26 heavy (non-hydrogen) atoms. The standard InChI is InChI=1S/C17H23FIN3O3S/c18-14-5-6-15(16(19)13-14)17(23)20-9-11-22(12-10-20)26(24,25)21-7-3-1-2-4-8-21/h5-6,13H,1-4,7-12H2. The van der Waals surface area contributed by atoms with Gasteiger partial charge in [-0.3, -0.25) is 4.79 Å². The first-order chi connectivity index (χ1) is 12.4. The molecule has 3 rings (SSSR count). The van der Waals surface area contributed by atoms with Gasteiger partial charge in [0, 0.05) is 42.8 Å². The second kappa shape index (κ2) is 8.49. The molecule has 0 spiro atoms. The minimum atomic E-state index is -3.46. The van der Waals surface area contributed by atoms with Gasteiger partial charge in [-0.2, -0.15) is 17.0 Å². The van der Waals surface area contributed by atoms with Gasteiger partial charge in [-0.25, -0.2) is 4.39 Å². The van der Waals surface area contributed by atoms with E-state index in [0.29, 0.717) is 48.4 Å². The number of hydrogen-bond donors (Lipinski definition) is 0. The summed E-state index contributed by atoms with van der Waals surface area (Å²) in [6.45, 7) is 2.44. The molecular formula is C17H23FIN3O3S. The number of hydrogen-bond acceptors (Lipinski definition) is 3. The maximum atomic E-state index is 13.2. The lowest BCUT2D eigenvalue weighted by atomic mass is 10.2. The van der Waals surface area contributed by atoms with Crippen LogP contribution in [0.2, 0.25) is 0 Å². The lowest BCUT2D eigenvalue weighted by Gasteiger charge is -2.36. The minimum Gasteiger partial charge on any atom is -0.336 e.